The highest BCUT2D eigenvalue weighted by Crippen LogP contribution is 2.17. The average molecular weight is 345 g/mol. The molecule has 1 amide bonds. The average Bonchev–Trinajstić information content (AvgIpc) is 2.62. The fraction of sp³-hybridized carbons (Fsp3) is 0.650. The summed E-state index contributed by atoms with van der Waals surface area (Å²) in [4.78, 5) is 19.5. The van der Waals surface area contributed by atoms with Crippen LogP contribution < -0.4 is 0 Å². The molecule has 2 heterocycles. The molecule has 0 radical (unpaired) electrons. The predicted octanol–water partition coefficient (Wildman–Crippen LogP) is 2.07. The maximum Gasteiger partial charge on any atom is 0.254 e. The quantitative estimate of drug-likeness (QED) is 0.837. The van der Waals surface area contributed by atoms with Crippen molar-refractivity contribution in [1.82, 2.24) is 14.7 Å². The van der Waals surface area contributed by atoms with Crippen LogP contribution in [-0.4, -0.2) is 79.6 Å². The number of rotatable bonds is 4. The van der Waals surface area contributed by atoms with E-state index in [1.165, 1.54) is 5.56 Å². The normalized spacial score (nSPS) is 23.8. The van der Waals surface area contributed by atoms with Crippen molar-refractivity contribution in [3.63, 3.8) is 0 Å². The molecule has 0 unspecified atom stereocenters. The van der Waals surface area contributed by atoms with Crippen molar-refractivity contribution < 1.29 is 9.53 Å². The second kappa shape index (κ2) is 8.30. The van der Waals surface area contributed by atoms with Crippen molar-refractivity contribution in [1.29, 1.82) is 0 Å². The summed E-state index contributed by atoms with van der Waals surface area (Å²) in [6, 6.07) is 8.47. The van der Waals surface area contributed by atoms with Crippen molar-refractivity contribution in [3.05, 3.63) is 35.4 Å². The number of likely N-dealkylation sites (N-methyl/N-ethyl adjacent to an activating group) is 1. The van der Waals surface area contributed by atoms with E-state index in [0.29, 0.717) is 6.10 Å². The van der Waals surface area contributed by atoms with Crippen molar-refractivity contribution >= 4 is 5.91 Å². The highest BCUT2D eigenvalue weighted by molar-refractivity contribution is 5.94. The largest absolute Gasteiger partial charge is 0.381 e. The Labute approximate surface area is 151 Å². The Hall–Kier alpha value is -1.43. The lowest BCUT2D eigenvalue weighted by molar-refractivity contribution is 0.0388. The predicted molar refractivity (Wildman–Crippen MR) is 99.7 cm³/mol. The Balaban J connectivity index is 1.56. The summed E-state index contributed by atoms with van der Waals surface area (Å²) in [6.07, 6.45) is 2.63. The first-order valence-electron chi connectivity index (χ1n) is 9.40. The third kappa shape index (κ3) is 4.60. The van der Waals surface area contributed by atoms with Gasteiger partial charge in [0.15, 0.2) is 0 Å². The van der Waals surface area contributed by atoms with Gasteiger partial charge in [-0.2, -0.15) is 0 Å². The minimum absolute atomic E-state index is 0.160. The van der Waals surface area contributed by atoms with Crippen molar-refractivity contribution in [2.24, 2.45) is 0 Å². The van der Waals surface area contributed by atoms with Gasteiger partial charge in [-0.05, 0) is 44.5 Å². The first-order valence-corrected chi connectivity index (χ1v) is 9.40. The molecule has 25 heavy (non-hydrogen) atoms. The van der Waals surface area contributed by atoms with Gasteiger partial charge in [0.2, 0.25) is 0 Å². The van der Waals surface area contributed by atoms with E-state index in [-0.39, 0.29) is 11.9 Å². The zero-order valence-corrected chi connectivity index (χ0v) is 15.8. The molecule has 3 rings (SSSR count). The van der Waals surface area contributed by atoms with E-state index in [4.69, 9.17) is 4.74 Å². The molecule has 0 N–H and O–H groups in total. The molecule has 2 fully saturated rings. The second-order valence-corrected chi connectivity index (χ2v) is 7.52. The Morgan fingerprint density at radius 2 is 1.80 bits per heavy atom. The number of piperidine rings is 1. The standard InChI is InChI=1S/C20H31N3O2/c1-16-14-21(2)12-13-23(16)20(24)18-6-4-17(5-7-18)15-22-10-8-19(25-3)9-11-22/h4-7,16,19H,8-15H2,1-3H3/t16-/m0/s1. The number of hydrogen-bond donors (Lipinski definition) is 0. The third-order valence-electron chi connectivity index (χ3n) is 5.57. The summed E-state index contributed by atoms with van der Waals surface area (Å²) in [6.45, 7) is 7.96. The number of carbonyl (C=O) groups is 1. The fourth-order valence-corrected chi connectivity index (χ4v) is 3.92. The molecule has 0 aromatic heterocycles. The van der Waals surface area contributed by atoms with Gasteiger partial charge in [0.1, 0.15) is 0 Å². The van der Waals surface area contributed by atoms with Crippen molar-refractivity contribution in [2.45, 2.75) is 38.5 Å². The van der Waals surface area contributed by atoms with Crippen LogP contribution in [-0.2, 0) is 11.3 Å². The van der Waals surface area contributed by atoms with E-state index >= 15 is 0 Å². The molecule has 2 aliphatic rings. The number of carbonyl (C=O) groups excluding carboxylic acids is 1. The van der Waals surface area contributed by atoms with E-state index in [0.717, 1.165) is 57.7 Å². The first-order chi connectivity index (χ1) is 12.1. The number of amides is 1. The molecule has 0 spiro atoms. The molecule has 1 atom stereocenters. The molecule has 5 heteroatoms. The second-order valence-electron chi connectivity index (χ2n) is 7.52. The zero-order valence-electron chi connectivity index (χ0n) is 15.8. The number of methoxy groups -OCH3 is 1. The number of piperazine rings is 1. The lowest BCUT2D eigenvalue weighted by Gasteiger charge is -2.38. The summed E-state index contributed by atoms with van der Waals surface area (Å²) < 4.78 is 5.43. The molecule has 0 saturated carbocycles. The summed E-state index contributed by atoms with van der Waals surface area (Å²) in [5.74, 6) is 0.160. The lowest BCUT2D eigenvalue weighted by atomic mass is 10.1. The summed E-state index contributed by atoms with van der Waals surface area (Å²) in [5.41, 5.74) is 2.08. The SMILES string of the molecule is COC1CCN(Cc2ccc(C(=O)N3CCN(C)C[C@@H]3C)cc2)CC1. The topological polar surface area (TPSA) is 36.0 Å². The number of nitrogens with zero attached hydrogens (tertiary/aromatic N) is 3. The molecule has 1 aromatic rings. The summed E-state index contributed by atoms with van der Waals surface area (Å²) in [5, 5.41) is 0. The van der Waals surface area contributed by atoms with Gasteiger partial charge in [-0.25, -0.2) is 0 Å². The number of likely N-dealkylation sites (tertiary alicyclic amines) is 1. The highest BCUT2D eigenvalue weighted by atomic mass is 16.5. The van der Waals surface area contributed by atoms with Gasteiger partial charge < -0.3 is 14.5 Å². The maximum atomic E-state index is 12.8. The Morgan fingerprint density at radius 3 is 2.40 bits per heavy atom. The lowest BCUT2D eigenvalue weighted by Crippen LogP contribution is -2.52. The minimum Gasteiger partial charge on any atom is -0.381 e. The van der Waals surface area contributed by atoms with Crippen LogP contribution in [0.15, 0.2) is 24.3 Å². The molecule has 5 nitrogen and oxygen atoms in total. The van der Waals surface area contributed by atoms with Gasteiger partial charge in [-0.1, -0.05) is 12.1 Å². The van der Waals surface area contributed by atoms with E-state index < -0.39 is 0 Å². The molecular formula is C20H31N3O2. The first kappa shape index (κ1) is 18.4. The minimum atomic E-state index is 0.160. The van der Waals surface area contributed by atoms with Gasteiger partial charge in [0.25, 0.3) is 5.91 Å². The van der Waals surface area contributed by atoms with E-state index in [2.05, 4.69) is 35.9 Å². The van der Waals surface area contributed by atoms with Crippen LogP contribution in [0.4, 0.5) is 0 Å². The fourth-order valence-electron chi connectivity index (χ4n) is 3.92. The molecular weight excluding hydrogens is 314 g/mol. The van der Waals surface area contributed by atoms with Crippen LogP contribution in [0.25, 0.3) is 0 Å². The number of benzene rings is 1. The summed E-state index contributed by atoms with van der Waals surface area (Å²) >= 11 is 0. The molecule has 2 aliphatic heterocycles. The maximum absolute atomic E-state index is 12.8. The number of ether oxygens (including phenoxy) is 1. The van der Waals surface area contributed by atoms with Gasteiger partial charge in [-0.3, -0.25) is 9.69 Å². The van der Waals surface area contributed by atoms with Gasteiger partial charge in [0.05, 0.1) is 6.10 Å². The van der Waals surface area contributed by atoms with Crippen LogP contribution in [0.1, 0.15) is 35.7 Å². The van der Waals surface area contributed by atoms with Gasteiger partial charge in [0, 0.05) is 58.0 Å². The number of hydrogen-bond acceptors (Lipinski definition) is 4. The molecule has 1 aromatic carbocycles. The van der Waals surface area contributed by atoms with Crippen LogP contribution in [0.3, 0.4) is 0 Å². The van der Waals surface area contributed by atoms with Crippen LogP contribution in [0, 0.1) is 0 Å². The summed E-state index contributed by atoms with van der Waals surface area (Å²) in [7, 11) is 3.92. The molecule has 138 valence electrons. The Morgan fingerprint density at radius 1 is 1.12 bits per heavy atom. The van der Waals surface area contributed by atoms with Crippen LogP contribution in [0.2, 0.25) is 0 Å². The van der Waals surface area contributed by atoms with Gasteiger partial charge >= 0.3 is 0 Å². The van der Waals surface area contributed by atoms with E-state index in [9.17, 15) is 4.79 Å². The highest BCUT2D eigenvalue weighted by Gasteiger charge is 2.26. The third-order valence-corrected chi connectivity index (χ3v) is 5.57. The van der Waals surface area contributed by atoms with Crippen molar-refractivity contribution in [2.75, 3.05) is 46.9 Å². The molecule has 2 saturated heterocycles. The smallest absolute Gasteiger partial charge is 0.254 e. The van der Waals surface area contributed by atoms with Crippen LogP contribution in [0.5, 0.6) is 0 Å². The molecule has 0 bridgehead atoms. The van der Waals surface area contributed by atoms with Crippen molar-refractivity contribution in [3.8, 4) is 0 Å². The molecule has 0 aliphatic carbocycles. The Kier molecular flexibility index (Phi) is 6.10. The monoisotopic (exact) mass is 345 g/mol. The Bertz CT molecular complexity index is 567. The van der Waals surface area contributed by atoms with E-state index in [1.54, 1.807) is 7.11 Å². The van der Waals surface area contributed by atoms with Crippen LogP contribution >= 0.6 is 0 Å². The van der Waals surface area contributed by atoms with Gasteiger partial charge in [-0.15, -0.1) is 0 Å². The zero-order chi connectivity index (χ0) is 17.8. The van der Waals surface area contributed by atoms with E-state index in [1.807, 2.05) is 17.0 Å².